The fourth-order valence-corrected chi connectivity index (χ4v) is 2.18. The second-order valence-electron chi connectivity index (χ2n) is 5.04. The van der Waals surface area contributed by atoms with E-state index in [1.165, 1.54) is 6.07 Å². The van der Waals surface area contributed by atoms with Crippen LogP contribution < -0.4 is 5.32 Å². The van der Waals surface area contributed by atoms with Crippen LogP contribution in [-0.2, 0) is 0 Å². The number of rotatable bonds is 3. The molecule has 0 unspecified atom stereocenters. The predicted octanol–water partition coefficient (Wildman–Crippen LogP) is 3.56. The van der Waals surface area contributed by atoms with E-state index < -0.39 is 5.97 Å². The number of aromatic carboxylic acids is 1. The van der Waals surface area contributed by atoms with Crippen LogP contribution in [0.15, 0.2) is 36.4 Å². The van der Waals surface area contributed by atoms with E-state index in [1.807, 2.05) is 26.0 Å². The lowest BCUT2D eigenvalue weighted by atomic mass is 10.0. The molecule has 0 heterocycles. The molecule has 2 N–H and O–H groups in total. The van der Waals surface area contributed by atoms with E-state index in [2.05, 4.69) is 5.32 Å². The predicted molar refractivity (Wildman–Crippen MR) is 82.0 cm³/mol. The van der Waals surface area contributed by atoms with Crippen LogP contribution >= 0.6 is 0 Å². The van der Waals surface area contributed by atoms with Gasteiger partial charge in [0.15, 0.2) is 0 Å². The number of hydrogen-bond donors (Lipinski definition) is 2. The average molecular weight is 283 g/mol. The van der Waals surface area contributed by atoms with Crippen molar-refractivity contribution in [3.8, 4) is 0 Å². The third-order valence-electron chi connectivity index (χ3n) is 3.55. The Balaban J connectivity index is 2.34. The van der Waals surface area contributed by atoms with Crippen LogP contribution in [0.3, 0.4) is 0 Å². The van der Waals surface area contributed by atoms with E-state index in [0.717, 1.165) is 11.1 Å². The molecule has 0 aliphatic rings. The van der Waals surface area contributed by atoms with E-state index in [-0.39, 0.29) is 11.5 Å². The quantitative estimate of drug-likeness (QED) is 0.905. The number of benzene rings is 2. The average Bonchev–Trinajstić information content (AvgIpc) is 2.42. The first-order valence-corrected chi connectivity index (χ1v) is 6.61. The number of carbonyl (C=O) groups excluding carboxylic acids is 1. The van der Waals surface area contributed by atoms with E-state index in [4.69, 9.17) is 0 Å². The molecule has 1 amide bonds. The SMILES string of the molecule is Cc1ccccc1C(=O)Nc1cc(C)c(C)c(C(=O)O)c1. The number of nitrogens with one attached hydrogen (secondary N) is 1. The Kier molecular flexibility index (Phi) is 4.08. The van der Waals surface area contributed by atoms with Crippen LogP contribution in [0.2, 0.25) is 0 Å². The number of carboxylic acids is 1. The molecule has 2 rings (SSSR count). The van der Waals surface area contributed by atoms with Crippen molar-refractivity contribution >= 4 is 17.6 Å². The Morgan fingerprint density at radius 3 is 2.24 bits per heavy atom. The van der Waals surface area contributed by atoms with Gasteiger partial charge < -0.3 is 10.4 Å². The summed E-state index contributed by atoms with van der Waals surface area (Å²) in [5.41, 5.74) is 3.68. The van der Waals surface area contributed by atoms with Crippen molar-refractivity contribution in [2.75, 3.05) is 5.32 Å². The Bertz CT molecular complexity index is 720. The number of carboxylic acid groups (broad SMARTS) is 1. The van der Waals surface area contributed by atoms with Crippen molar-refractivity contribution in [3.05, 3.63) is 64.2 Å². The van der Waals surface area contributed by atoms with Gasteiger partial charge in [-0.05, 0) is 55.7 Å². The molecule has 0 atom stereocenters. The first kappa shape index (κ1) is 14.8. The molecule has 2 aromatic rings. The lowest BCUT2D eigenvalue weighted by molar-refractivity contribution is 0.0695. The maximum atomic E-state index is 12.3. The van der Waals surface area contributed by atoms with Gasteiger partial charge in [-0.3, -0.25) is 4.79 Å². The Hall–Kier alpha value is -2.62. The van der Waals surface area contributed by atoms with Crippen LogP contribution in [0.4, 0.5) is 5.69 Å². The van der Waals surface area contributed by atoms with Crippen molar-refractivity contribution in [2.24, 2.45) is 0 Å². The fraction of sp³-hybridized carbons (Fsp3) is 0.176. The van der Waals surface area contributed by atoms with Crippen molar-refractivity contribution in [1.29, 1.82) is 0 Å². The summed E-state index contributed by atoms with van der Waals surface area (Å²) in [5, 5.41) is 12.0. The highest BCUT2D eigenvalue weighted by atomic mass is 16.4. The summed E-state index contributed by atoms with van der Waals surface area (Å²) in [6.07, 6.45) is 0. The lowest BCUT2D eigenvalue weighted by Gasteiger charge is -2.11. The molecule has 108 valence electrons. The van der Waals surface area contributed by atoms with Crippen LogP contribution in [0.25, 0.3) is 0 Å². The number of aryl methyl sites for hydroxylation is 2. The first-order valence-electron chi connectivity index (χ1n) is 6.61. The summed E-state index contributed by atoms with van der Waals surface area (Å²) in [6, 6.07) is 10.5. The molecule has 2 aromatic carbocycles. The van der Waals surface area contributed by atoms with Gasteiger partial charge in [0, 0.05) is 11.3 Å². The van der Waals surface area contributed by atoms with Crippen LogP contribution in [0.1, 0.15) is 37.4 Å². The lowest BCUT2D eigenvalue weighted by Crippen LogP contribution is -2.14. The van der Waals surface area contributed by atoms with Crippen molar-refractivity contribution in [1.82, 2.24) is 0 Å². The van der Waals surface area contributed by atoms with Crippen molar-refractivity contribution in [2.45, 2.75) is 20.8 Å². The highest BCUT2D eigenvalue weighted by molar-refractivity contribution is 6.06. The monoisotopic (exact) mass is 283 g/mol. The number of carbonyl (C=O) groups is 2. The third-order valence-corrected chi connectivity index (χ3v) is 3.55. The summed E-state index contributed by atoms with van der Waals surface area (Å²) in [4.78, 5) is 23.5. The summed E-state index contributed by atoms with van der Waals surface area (Å²) < 4.78 is 0. The molecule has 0 radical (unpaired) electrons. The topological polar surface area (TPSA) is 66.4 Å². The minimum absolute atomic E-state index is 0.204. The van der Waals surface area contributed by atoms with Crippen LogP contribution in [0, 0.1) is 20.8 Å². The molecule has 0 aliphatic carbocycles. The zero-order valence-corrected chi connectivity index (χ0v) is 12.2. The van der Waals surface area contributed by atoms with Crippen LogP contribution in [0.5, 0.6) is 0 Å². The maximum absolute atomic E-state index is 12.3. The first-order chi connectivity index (χ1) is 9.90. The summed E-state index contributed by atoms with van der Waals surface area (Å²) in [5.74, 6) is -1.24. The second-order valence-corrected chi connectivity index (χ2v) is 5.04. The van der Waals surface area contributed by atoms with Gasteiger partial charge >= 0.3 is 5.97 Å². The largest absolute Gasteiger partial charge is 0.478 e. The van der Waals surface area contributed by atoms with Gasteiger partial charge in [-0.1, -0.05) is 18.2 Å². The molecule has 0 spiro atoms. The van der Waals surface area contributed by atoms with Gasteiger partial charge in [0.1, 0.15) is 0 Å². The van der Waals surface area contributed by atoms with Crippen molar-refractivity contribution < 1.29 is 14.7 Å². The van der Waals surface area contributed by atoms with Gasteiger partial charge in [-0.25, -0.2) is 4.79 Å². The molecular weight excluding hydrogens is 266 g/mol. The Morgan fingerprint density at radius 1 is 0.952 bits per heavy atom. The van der Waals surface area contributed by atoms with E-state index in [1.54, 1.807) is 25.1 Å². The van der Waals surface area contributed by atoms with Gasteiger partial charge in [0.05, 0.1) is 5.56 Å². The fourth-order valence-electron chi connectivity index (χ4n) is 2.18. The third kappa shape index (κ3) is 3.11. The van der Waals surface area contributed by atoms with E-state index >= 15 is 0 Å². The van der Waals surface area contributed by atoms with Gasteiger partial charge in [0.25, 0.3) is 5.91 Å². The minimum Gasteiger partial charge on any atom is -0.478 e. The Morgan fingerprint density at radius 2 is 1.62 bits per heavy atom. The maximum Gasteiger partial charge on any atom is 0.336 e. The molecule has 0 bridgehead atoms. The zero-order valence-electron chi connectivity index (χ0n) is 12.2. The molecule has 21 heavy (non-hydrogen) atoms. The summed E-state index contributed by atoms with van der Waals surface area (Å²) in [7, 11) is 0. The normalized spacial score (nSPS) is 10.2. The zero-order chi connectivity index (χ0) is 15.6. The summed E-state index contributed by atoms with van der Waals surface area (Å²) >= 11 is 0. The van der Waals surface area contributed by atoms with E-state index in [0.29, 0.717) is 16.8 Å². The smallest absolute Gasteiger partial charge is 0.336 e. The number of anilines is 1. The van der Waals surface area contributed by atoms with Crippen LogP contribution in [-0.4, -0.2) is 17.0 Å². The van der Waals surface area contributed by atoms with Crippen molar-refractivity contribution in [3.63, 3.8) is 0 Å². The second kappa shape index (κ2) is 5.79. The molecule has 0 aromatic heterocycles. The van der Waals surface area contributed by atoms with Gasteiger partial charge in [0.2, 0.25) is 0 Å². The molecule has 4 heteroatoms. The molecule has 4 nitrogen and oxygen atoms in total. The molecular formula is C17H17NO3. The highest BCUT2D eigenvalue weighted by Gasteiger charge is 2.13. The molecule has 0 saturated heterocycles. The van der Waals surface area contributed by atoms with Gasteiger partial charge in [-0.15, -0.1) is 0 Å². The highest BCUT2D eigenvalue weighted by Crippen LogP contribution is 2.21. The molecule has 0 saturated carbocycles. The number of amides is 1. The number of hydrogen-bond acceptors (Lipinski definition) is 2. The Labute approximate surface area is 123 Å². The minimum atomic E-state index is -0.998. The molecule has 0 fully saturated rings. The van der Waals surface area contributed by atoms with E-state index in [9.17, 15) is 14.7 Å². The standard InChI is InChI=1S/C17H17NO3/c1-10-6-4-5-7-14(10)16(19)18-13-8-11(2)12(3)15(9-13)17(20)21/h4-9H,1-3H3,(H,18,19)(H,20,21). The molecule has 0 aliphatic heterocycles. The van der Waals surface area contributed by atoms with Gasteiger partial charge in [-0.2, -0.15) is 0 Å². The summed E-state index contributed by atoms with van der Waals surface area (Å²) in [6.45, 7) is 5.44.